The molecule has 2 atom stereocenters. The third-order valence-electron chi connectivity index (χ3n) is 4.67. The zero-order chi connectivity index (χ0) is 18.8. The molecule has 27 heavy (non-hydrogen) atoms. The Morgan fingerprint density at radius 1 is 0.852 bits per heavy atom. The fourth-order valence-electron chi connectivity index (χ4n) is 3.33. The fourth-order valence-corrected chi connectivity index (χ4v) is 3.71. The number of fused-ring (bicyclic) bond motifs is 1. The van der Waals surface area contributed by atoms with Gasteiger partial charge in [0.1, 0.15) is 6.10 Å². The van der Waals surface area contributed by atoms with Gasteiger partial charge in [-0.15, -0.1) is 0 Å². The molecule has 0 amide bonds. The molecule has 3 aromatic carbocycles. The molecular weight excluding hydrogens is 406 g/mol. The maximum atomic E-state index is 6.48. The molecular formula is C22H20BrNO3. The van der Waals surface area contributed by atoms with Crippen LogP contribution in [0.1, 0.15) is 29.0 Å². The van der Waals surface area contributed by atoms with E-state index >= 15 is 0 Å². The Balaban J connectivity index is 1.76. The van der Waals surface area contributed by atoms with Crippen molar-refractivity contribution in [3.05, 3.63) is 87.9 Å². The summed E-state index contributed by atoms with van der Waals surface area (Å²) in [5.74, 6) is 1.37. The summed E-state index contributed by atoms with van der Waals surface area (Å²) in [4.78, 5) is 0. The van der Waals surface area contributed by atoms with Gasteiger partial charge in [-0.1, -0.05) is 52.3 Å². The van der Waals surface area contributed by atoms with Crippen LogP contribution < -0.4 is 14.8 Å². The SMILES string of the molecule is COc1ccc(C2Nc3ccc(Br)cc3C(c3ccccc3)O2)cc1OC. The molecule has 0 aromatic heterocycles. The zero-order valence-electron chi connectivity index (χ0n) is 15.1. The van der Waals surface area contributed by atoms with Gasteiger partial charge in [0.15, 0.2) is 17.7 Å². The van der Waals surface area contributed by atoms with Crippen molar-refractivity contribution in [3.8, 4) is 11.5 Å². The lowest BCUT2D eigenvalue weighted by Crippen LogP contribution is -2.25. The highest BCUT2D eigenvalue weighted by molar-refractivity contribution is 9.10. The predicted molar refractivity (Wildman–Crippen MR) is 109 cm³/mol. The molecule has 0 saturated heterocycles. The number of rotatable bonds is 4. The summed E-state index contributed by atoms with van der Waals surface area (Å²) >= 11 is 3.57. The summed E-state index contributed by atoms with van der Waals surface area (Å²) in [5.41, 5.74) is 4.25. The van der Waals surface area contributed by atoms with Gasteiger partial charge in [-0.2, -0.15) is 0 Å². The van der Waals surface area contributed by atoms with Gasteiger partial charge in [-0.3, -0.25) is 0 Å². The number of methoxy groups -OCH3 is 2. The first-order valence-corrected chi connectivity index (χ1v) is 9.47. The van der Waals surface area contributed by atoms with E-state index in [-0.39, 0.29) is 12.3 Å². The maximum Gasteiger partial charge on any atom is 0.161 e. The van der Waals surface area contributed by atoms with Crippen molar-refractivity contribution in [2.75, 3.05) is 19.5 Å². The Bertz CT molecular complexity index is 946. The highest BCUT2D eigenvalue weighted by Crippen LogP contribution is 2.43. The van der Waals surface area contributed by atoms with Gasteiger partial charge in [0.25, 0.3) is 0 Å². The number of hydrogen-bond donors (Lipinski definition) is 1. The van der Waals surface area contributed by atoms with E-state index in [1.807, 2.05) is 42.5 Å². The van der Waals surface area contributed by atoms with Crippen LogP contribution in [0.15, 0.2) is 71.2 Å². The summed E-state index contributed by atoms with van der Waals surface area (Å²) in [7, 11) is 3.27. The molecule has 0 bridgehead atoms. The van der Waals surface area contributed by atoms with Crippen LogP contribution in [-0.4, -0.2) is 14.2 Å². The number of hydrogen-bond acceptors (Lipinski definition) is 4. The summed E-state index contributed by atoms with van der Waals surface area (Å²) in [6, 6.07) is 22.3. The van der Waals surface area contributed by atoms with Crippen LogP contribution >= 0.6 is 15.9 Å². The van der Waals surface area contributed by atoms with Gasteiger partial charge in [0, 0.05) is 21.3 Å². The molecule has 4 nitrogen and oxygen atoms in total. The van der Waals surface area contributed by atoms with Crippen molar-refractivity contribution in [1.29, 1.82) is 0 Å². The summed E-state index contributed by atoms with van der Waals surface area (Å²) < 4.78 is 18.3. The second-order valence-corrected chi connectivity index (χ2v) is 7.21. The Labute approximate surface area is 167 Å². The molecule has 0 radical (unpaired) electrons. The second kappa shape index (κ2) is 7.62. The highest BCUT2D eigenvalue weighted by Gasteiger charge is 2.30. The molecule has 0 spiro atoms. The second-order valence-electron chi connectivity index (χ2n) is 6.30. The van der Waals surface area contributed by atoms with Crippen LogP contribution in [0, 0.1) is 0 Å². The van der Waals surface area contributed by atoms with Crippen LogP contribution in [-0.2, 0) is 4.74 Å². The van der Waals surface area contributed by atoms with Crippen molar-refractivity contribution < 1.29 is 14.2 Å². The van der Waals surface area contributed by atoms with Gasteiger partial charge < -0.3 is 19.5 Å². The Hall–Kier alpha value is -2.50. The van der Waals surface area contributed by atoms with E-state index in [0.717, 1.165) is 26.9 Å². The highest BCUT2D eigenvalue weighted by atomic mass is 79.9. The lowest BCUT2D eigenvalue weighted by atomic mass is 9.97. The molecule has 1 N–H and O–H groups in total. The van der Waals surface area contributed by atoms with Crippen molar-refractivity contribution in [3.63, 3.8) is 0 Å². The Kier molecular flexibility index (Phi) is 5.05. The lowest BCUT2D eigenvalue weighted by Gasteiger charge is -2.34. The molecule has 4 rings (SSSR count). The molecule has 1 aliphatic rings. The molecule has 0 aliphatic carbocycles. The molecule has 0 fully saturated rings. The largest absolute Gasteiger partial charge is 0.493 e. The van der Waals surface area contributed by atoms with E-state index in [2.05, 4.69) is 45.5 Å². The molecule has 1 aliphatic heterocycles. The monoisotopic (exact) mass is 425 g/mol. The molecule has 138 valence electrons. The Morgan fingerprint density at radius 3 is 2.37 bits per heavy atom. The summed E-state index contributed by atoms with van der Waals surface area (Å²) in [5, 5.41) is 3.49. The van der Waals surface area contributed by atoms with Crippen LogP contribution in [0.3, 0.4) is 0 Å². The molecule has 0 saturated carbocycles. The van der Waals surface area contributed by atoms with E-state index in [4.69, 9.17) is 14.2 Å². The average molecular weight is 426 g/mol. The third-order valence-corrected chi connectivity index (χ3v) is 5.16. The van der Waals surface area contributed by atoms with Gasteiger partial charge in [0.05, 0.1) is 14.2 Å². The van der Waals surface area contributed by atoms with E-state index in [1.54, 1.807) is 14.2 Å². The normalized spacial score (nSPS) is 18.3. The van der Waals surface area contributed by atoms with Crippen LogP contribution in [0.4, 0.5) is 5.69 Å². The average Bonchev–Trinajstić information content (AvgIpc) is 2.73. The van der Waals surface area contributed by atoms with Crippen LogP contribution in [0.25, 0.3) is 0 Å². The van der Waals surface area contributed by atoms with Crippen molar-refractivity contribution >= 4 is 21.6 Å². The zero-order valence-corrected chi connectivity index (χ0v) is 16.7. The fraction of sp³-hybridized carbons (Fsp3) is 0.182. The van der Waals surface area contributed by atoms with Crippen molar-refractivity contribution in [1.82, 2.24) is 0 Å². The topological polar surface area (TPSA) is 39.7 Å². The lowest BCUT2D eigenvalue weighted by molar-refractivity contribution is 0.0156. The third kappa shape index (κ3) is 3.53. The first-order chi connectivity index (χ1) is 13.2. The summed E-state index contributed by atoms with van der Waals surface area (Å²) in [6.45, 7) is 0. The molecule has 1 heterocycles. The number of halogens is 1. The van der Waals surface area contributed by atoms with Crippen molar-refractivity contribution in [2.45, 2.75) is 12.3 Å². The first kappa shape index (κ1) is 17.9. The Morgan fingerprint density at radius 2 is 1.63 bits per heavy atom. The minimum atomic E-state index is -0.302. The van der Waals surface area contributed by atoms with Crippen LogP contribution in [0.2, 0.25) is 0 Å². The number of nitrogens with one attached hydrogen (secondary N) is 1. The van der Waals surface area contributed by atoms with E-state index in [9.17, 15) is 0 Å². The maximum absolute atomic E-state index is 6.48. The quantitative estimate of drug-likeness (QED) is 0.581. The smallest absolute Gasteiger partial charge is 0.161 e. The minimum Gasteiger partial charge on any atom is -0.493 e. The van der Waals surface area contributed by atoms with Gasteiger partial charge in [-0.05, 0) is 35.9 Å². The number of anilines is 1. The first-order valence-electron chi connectivity index (χ1n) is 8.68. The summed E-state index contributed by atoms with van der Waals surface area (Å²) in [6.07, 6.45) is -0.471. The van der Waals surface area contributed by atoms with Gasteiger partial charge >= 0.3 is 0 Å². The molecule has 5 heteroatoms. The van der Waals surface area contributed by atoms with Crippen molar-refractivity contribution in [2.24, 2.45) is 0 Å². The molecule has 2 unspecified atom stereocenters. The van der Waals surface area contributed by atoms with Crippen LogP contribution in [0.5, 0.6) is 11.5 Å². The predicted octanol–water partition coefficient (Wildman–Crippen LogP) is 5.70. The van der Waals surface area contributed by atoms with E-state index in [1.165, 1.54) is 0 Å². The van der Waals surface area contributed by atoms with E-state index in [0.29, 0.717) is 11.5 Å². The standard InChI is InChI=1S/C22H20BrNO3/c1-25-19-11-8-15(12-20(19)26-2)22-24-18-10-9-16(23)13-17(18)21(27-22)14-6-4-3-5-7-14/h3-13,21-22,24H,1-2H3. The number of ether oxygens (including phenoxy) is 3. The van der Waals surface area contributed by atoms with Gasteiger partial charge in [0.2, 0.25) is 0 Å². The minimum absolute atomic E-state index is 0.168. The van der Waals surface area contributed by atoms with E-state index < -0.39 is 0 Å². The van der Waals surface area contributed by atoms with Gasteiger partial charge in [-0.25, -0.2) is 0 Å². The molecule has 3 aromatic rings. The number of benzene rings is 3.